The van der Waals surface area contributed by atoms with Crippen molar-refractivity contribution in [2.24, 2.45) is 29.4 Å². The van der Waals surface area contributed by atoms with Gasteiger partial charge in [0.1, 0.15) is 60.4 Å². The Morgan fingerprint density at radius 3 is 1.15 bits per heavy atom. The third kappa shape index (κ3) is 25.3. The average molecular weight is 1150 g/mol. The lowest BCUT2D eigenvalue weighted by molar-refractivity contribution is -0.143. The van der Waals surface area contributed by atoms with E-state index in [9.17, 15) is 93.0 Å². The Bertz CT molecular complexity index is 2150. The number of carbonyl (C=O) groups excluding carboxylic acids is 12. The molecule has 12 amide bonds. The van der Waals surface area contributed by atoms with E-state index in [1.165, 1.54) is 6.92 Å². The van der Waals surface area contributed by atoms with Gasteiger partial charge in [-0.3, -0.25) is 57.5 Å². The van der Waals surface area contributed by atoms with Crippen molar-refractivity contribution >= 4 is 76.9 Å². The van der Waals surface area contributed by atoms with Crippen LogP contribution in [0.4, 0.5) is 0 Å². The standard InChI is InChI=1S/C48H85N13O19/c1-12-23(8)36(46(77)56-27(48(79)80)13-20(2)3)60-42(73)29(17-63)55-33(68)15-51-45(76)35(22(6)7)59-39(70)25(10)52-38(69)24(9)53-40(71)30(18-64)58-47(78)37(26(11)66)61-43(74)31(19-65)57-41(72)28(16-62)54-32(67)14-50-44(75)34(49)21(4)5/h20-31,34-37,62-66H,12-19,49H2,1-11H3,(H,50,75)(H,51,76)(H,52,69)(H,53,71)(H,54,67)(H,55,68)(H,56,77)(H,57,72)(H,58,78)(H,59,70)(H,60,73)(H,61,74)(H,79,80)/t23-,24-,25-,26+,27-,28-,29-,30-,31-,34-,35-,36-,37-/m0/s1. The molecule has 32 heteroatoms. The lowest BCUT2D eigenvalue weighted by Crippen LogP contribution is -2.62. The van der Waals surface area contributed by atoms with Crippen LogP contribution in [0.2, 0.25) is 0 Å². The van der Waals surface area contributed by atoms with Crippen molar-refractivity contribution in [2.45, 2.75) is 162 Å². The van der Waals surface area contributed by atoms with Gasteiger partial charge in [-0.25, -0.2) is 4.79 Å². The van der Waals surface area contributed by atoms with Gasteiger partial charge in [0, 0.05) is 0 Å². The van der Waals surface area contributed by atoms with Gasteiger partial charge in [-0.15, -0.1) is 0 Å². The Labute approximate surface area is 463 Å². The van der Waals surface area contributed by atoms with Gasteiger partial charge in [-0.2, -0.15) is 0 Å². The highest BCUT2D eigenvalue weighted by molar-refractivity contribution is 5.99. The zero-order valence-electron chi connectivity index (χ0n) is 47.0. The minimum atomic E-state index is -1.91. The van der Waals surface area contributed by atoms with Crippen LogP contribution in [-0.2, 0) is 62.3 Å². The SMILES string of the molecule is CC[C@H](C)[C@H](NC(=O)[C@H](CO)NC(=O)CNC(=O)[C@@H](NC(=O)[C@H](C)NC(=O)[C@H](C)NC(=O)[C@H](CO)NC(=O)[C@@H](NC(=O)[C@H](CO)NC(=O)[C@H](CO)NC(=O)CNC(=O)[C@@H](N)C(C)C)[C@@H](C)O)C(C)C)C(=O)N[C@@H](CC(C)C)C(=O)O. The van der Waals surface area contributed by atoms with Gasteiger partial charge in [0.05, 0.1) is 51.7 Å². The third-order valence-electron chi connectivity index (χ3n) is 12.1. The number of aliphatic hydroxyl groups is 5. The Morgan fingerprint density at radius 1 is 0.400 bits per heavy atom. The molecule has 0 aliphatic heterocycles. The summed E-state index contributed by atoms with van der Waals surface area (Å²) in [4.78, 5) is 167. The van der Waals surface area contributed by atoms with E-state index in [1.54, 1.807) is 55.4 Å². The van der Waals surface area contributed by atoms with E-state index < -0.39 is 201 Å². The summed E-state index contributed by atoms with van der Waals surface area (Å²) in [6.07, 6.45) is -1.24. The topological polar surface area (TPSA) is 514 Å². The predicted octanol–water partition coefficient (Wildman–Crippen LogP) is -8.73. The Hall–Kier alpha value is -7.13. The number of carboxylic acid groups (broad SMARTS) is 1. The molecule has 0 aromatic heterocycles. The van der Waals surface area contributed by atoms with Crippen molar-refractivity contribution in [3.63, 3.8) is 0 Å². The van der Waals surface area contributed by atoms with Gasteiger partial charge < -0.3 is 100 Å². The Morgan fingerprint density at radius 2 is 0.750 bits per heavy atom. The molecule has 13 atom stereocenters. The Balaban J connectivity index is 5.58. The molecule has 20 N–H and O–H groups in total. The van der Waals surface area contributed by atoms with Crippen LogP contribution < -0.4 is 69.5 Å². The first-order valence-corrected chi connectivity index (χ1v) is 25.9. The molecule has 0 bridgehead atoms. The van der Waals surface area contributed by atoms with Gasteiger partial charge in [-0.1, -0.05) is 61.8 Å². The van der Waals surface area contributed by atoms with Crippen molar-refractivity contribution in [1.29, 1.82) is 0 Å². The molecule has 0 radical (unpaired) electrons. The Kier molecular flexibility index (Phi) is 33.0. The fraction of sp³-hybridized carbons (Fsp3) is 0.729. The maximum absolute atomic E-state index is 13.2. The molecular formula is C48H85N13O19. The van der Waals surface area contributed by atoms with Crippen LogP contribution in [-0.4, -0.2) is 220 Å². The summed E-state index contributed by atoms with van der Waals surface area (Å²) in [5.41, 5.74) is 5.72. The number of amides is 12. The second kappa shape index (κ2) is 36.2. The number of carboxylic acids is 1. The zero-order chi connectivity index (χ0) is 61.9. The number of rotatable bonds is 36. The molecule has 456 valence electrons. The number of hydrogen-bond acceptors (Lipinski definition) is 19. The van der Waals surface area contributed by atoms with Crippen LogP contribution in [0, 0.1) is 23.7 Å². The van der Waals surface area contributed by atoms with Crippen molar-refractivity contribution in [3.8, 4) is 0 Å². The summed E-state index contributed by atoms with van der Waals surface area (Å²) >= 11 is 0. The highest BCUT2D eigenvalue weighted by Gasteiger charge is 2.36. The molecule has 0 aliphatic rings. The van der Waals surface area contributed by atoms with E-state index in [4.69, 9.17) is 5.73 Å². The summed E-state index contributed by atoms with van der Waals surface area (Å²) in [5.74, 6) is -14.8. The average Bonchev–Trinajstić information content (AvgIpc) is 3.39. The maximum atomic E-state index is 13.2. The fourth-order valence-electron chi connectivity index (χ4n) is 6.83. The van der Waals surface area contributed by atoms with E-state index in [0.717, 1.165) is 13.8 Å². The van der Waals surface area contributed by atoms with E-state index in [-0.39, 0.29) is 18.3 Å². The molecular weight excluding hydrogens is 1060 g/mol. The molecule has 0 heterocycles. The van der Waals surface area contributed by atoms with Crippen LogP contribution in [0.25, 0.3) is 0 Å². The summed E-state index contributed by atoms with van der Waals surface area (Å²) in [6, 6.07) is -16.5. The minimum Gasteiger partial charge on any atom is -0.480 e. The van der Waals surface area contributed by atoms with Crippen LogP contribution in [0.5, 0.6) is 0 Å². The molecule has 0 spiro atoms. The second-order valence-corrected chi connectivity index (χ2v) is 20.1. The number of aliphatic carboxylic acids is 1. The number of aliphatic hydroxyl groups excluding tert-OH is 5. The summed E-state index contributed by atoms with van der Waals surface area (Å²) < 4.78 is 0. The van der Waals surface area contributed by atoms with E-state index >= 15 is 0 Å². The quantitative estimate of drug-likeness (QED) is 0.0277. The lowest BCUT2D eigenvalue weighted by Gasteiger charge is -2.27. The number of nitrogens with one attached hydrogen (secondary N) is 12. The minimum absolute atomic E-state index is 0.0898. The summed E-state index contributed by atoms with van der Waals surface area (Å²) in [6.45, 7) is 11.2. The van der Waals surface area contributed by atoms with Crippen molar-refractivity contribution in [1.82, 2.24) is 63.8 Å². The smallest absolute Gasteiger partial charge is 0.326 e. The van der Waals surface area contributed by atoms with Crippen molar-refractivity contribution in [2.75, 3.05) is 39.5 Å². The van der Waals surface area contributed by atoms with Crippen LogP contribution in [0.1, 0.15) is 89.0 Å². The third-order valence-corrected chi connectivity index (χ3v) is 12.1. The molecule has 0 unspecified atom stereocenters. The van der Waals surface area contributed by atoms with Gasteiger partial charge in [0.25, 0.3) is 0 Å². The first-order valence-electron chi connectivity index (χ1n) is 25.9. The molecule has 0 saturated carbocycles. The predicted molar refractivity (Wildman–Crippen MR) is 281 cm³/mol. The molecule has 0 aromatic rings. The molecule has 80 heavy (non-hydrogen) atoms. The van der Waals surface area contributed by atoms with Gasteiger partial charge in [0.15, 0.2) is 0 Å². The van der Waals surface area contributed by atoms with E-state index in [1.807, 2.05) is 0 Å². The molecule has 0 aromatic carbocycles. The van der Waals surface area contributed by atoms with Crippen LogP contribution >= 0.6 is 0 Å². The maximum Gasteiger partial charge on any atom is 0.326 e. The van der Waals surface area contributed by atoms with Crippen molar-refractivity contribution in [3.05, 3.63) is 0 Å². The molecule has 0 fully saturated rings. The summed E-state index contributed by atoms with van der Waals surface area (Å²) in [7, 11) is 0. The normalized spacial score (nSPS) is 16.1. The van der Waals surface area contributed by atoms with Gasteiger partial charge in [-0.05, 0) is 50.9 Å². The fourth-order valence-corrected chi connectivity index (χ4v) is 6.83. The monoisotopic (exact) mass is 1150 g/mol. The largest absolute Gasteiger partial charge is 0.480 e. The van der Waals surface area contributed by atoms with Crippen LogP contribution in [0.3, 0.4) is 0 Å². The first-order chi connectivity index (χ1) is 37.2. The highest BCUT2D eigenvalue weighted by Crippen LogP contribution is 2.12. The molecule has 32 nitrogen and oxygen atoms in total. The zero-order valence-corrected chi connectivity index (χ0v) is 47.0. The van der Waals surface area contributed by atoms with Gasteiger partial charge in [0.2, 0.25) is 70.9 Å². The van der Waals surface area contributed by atoms with Crippen LogP contribution in [0.15, 0.2) is 0 Å². The molecule has 0 aliphatic carbocycles. The second-order valence-electron chi connectivity index (χ2n) is 20.1. The summed E-state index contributed by atoms with van der Waals surface area (Å²) in [5, 5.41) is 86.4. The molecule has 0 saturated heterocycles. The van der Waals surface area contributed by atoms with E-state index in [2.05, 4.69) is 63.8 Å². The lowest BCUT2D eigenvalue weighted by atomic mass is 9.96. The first kappa shape index (κ1) is 72.9. The van der Waals surface area contributed by atoms with Crippen molar-refractivity contribution < 1.29 is 93.0 Å². The van der Waals surface area contributed by atoms with E-state index in [0.29, 0.717) is 6.42 Å². The number of hydrogen-bond donors (Lipinski definition) is 19. The number of nitrogens with two attached hydrogens (primary N) is 1. The number of carbonyl (C=O) groups is 13. The highest BCUT2D eigenvalue weighted by atomic mass is 16.4. The molecule has 0 rings (SSSR count). The van der Waals surface area contributed by atoms with Gasteiger partial charge >= 0.3 is 5.97 Å².